The lowest BCUT2D eigenvalue weighted by Gasteiger charge is -2.35. The summed E-state index contributed by atoms with van der Waals surface area (Å²) in [7, 11) is -3.54. The van der Waals surface area contributed by atoms with Crippen molar-refractivity contribution in [3.05, 3.63) is 29.8 Å². The SMILES string of the molecule is C[C@H]1C[C@H](C)CN(C(=O)c2cccc(S(=O)(=O)NCC3CC3)c2)C1. The number of carbonyl (C=O) groups is 1. The van der Waals surface area contributed by atoms with Crippen LogP contribution in [0.1, 0.15) is 43.5 Å². The lowest BCUT2D eigenvalue weighted by Crippen LogP contribution is -2.42. The highest BCUT2D eigenvalue weighted by molar-refractivity contribution is 7.89. The van der Waals surface area contributed by atoms with Gasteiger partial charge >= 0.3 is 0 Å². The number of piperidine rings is 1. The van der Waals surface area contributed by atoms with Crippen molar-refractivity contribution in [1.82, 2.24) is 9.62 Å². The molecule has 0 spiro atoms. The van der Waals surface area contributed by atoms with Gasteiger partial charge in [-0.05, 0) is 55.2 Å². The van der Waals surface area contributed by atoms with Gasteiger partial charge in [0.15, 0.2) is 0 Å². The van der Waals surface area contributed by atoms with Crippen molar-refractivity contribution in [2.75, 3.05) is 19.6 Å². The van der Waals surface area contributed by atoms with Crippen molar-refractivity contribution in [1.29, 1.82) is 0 Å². The molecule has 0 aromatic heterocycles. The Bertz CT molecular complexity index is 703. The van der Waals surface area contributed by atoms with Crippen LogP contribution in [0.25, 0.3) is 0 Å². The molecule has 1 N–H and O–H groups in total. The standard InChI is InChI=1S/C18H26N2O3S/c1-13-8-14(2)12-20(11-13)18(21)16-4-3-5-17(9-16)24(22,23)19-10-15-6-7-15/h3-5,9,13-15,19H,6-8,10-12H2,1-2H3/t13-,14-/m0/s1. The van der Waals surface area contributed by atoms with Gasteiger partial charge in [-0.15, -0.1) is 0 Å². The molecule has 0 bridgehead atoms. The summed E-state index contributed by atoms with van der Waals surface area (Å²) in [5.41, 5.74) is 0.450. The summed E-state index contributed by atoms with van der Waals surface area (Å²) in [5, 5.41) is 0. The predicted molar refractivity (Wildman–Crippen MR) is 93.2 cm³/mol. The molecule has 1 amide bonds. The van der Waals surface area contributed by atoms with Crippen molar-refractivity contribution in [3.63, 3.8) is 0 Å². The molecule has 2 fully saturated rings. The normalized spacial score (nSPS) is 24.8. The largest absolute Gasteiger partial charge is 0.338 e. The van der Waals surface area contributed by atoms with Gasteiger partial charge in [-0.1, -0.05) is 19.9 Å². The average molecular weight is 350 g/mol. The number of benzene rings is 1. The lowest BCUT2D eigenvalue weighted by atomic mass is 9.91. The van der Waals surface area contributed by atoms with Crippen LogP contribution in [0.5, 0.6) is 0 Å². The van der Waals surface area contributed by atoms with Crippen LogP contribution in [0.2, 0.25) is 0 Å². The minimum Gasteiger partial charge on any atom is -0.338 e. The number of amides is 1. The molecule has 1 aromatic carbocycles. The summed E-state index contributed by atoms with van der Waals surface area (Å²) >= 11 is 0. The zero-order chi connectivity index (χ0) is 17.3. The fraction of sp³-hybridized carbons (Fsp3) is 0.611. The zero-order valence-electron chi connectivity index (χ0n) is 14.4. The van der Waals surface area contributed by atoms with E-state index in [9.17, 15) is 13.2 Å². The van der Waals surface area contributed by atoms with E-state index in [1.54, 1.807) is 18.2 Å². The van der Waals surface area contributed by atoms with Crippen LogP contribution in [0.15, 0.2) is 29.2 Å². The Labute approximate surface area is 144 Å². The van der Waals surface area contributed by atoms with Crippen LogP contribution < -0.4 is 4.72 Å². The van der Waals surface area contributed by atoms with Crippen LogP contribution >= 0.6 is 0 Å². The Morgan fingerprint density at radius 2 is 1.88 bits per heavy atom. The van der Waals surface area contributed by atoms with Crippen molar-refractivity contribution in [2.45, 2.75) is 38.0 Å². The number of sulfonamides is 1. The van der Waals surface area contributed by atoms with E-state index < -0.39 is 10.0 Å². The molecule has 6 heteroatoms. The summed E-state index contributed by atoms with van der Waals surface area (Å²) in [5.74, 6) is 1.35. The minimum atomic E-state index is -3.54. The van der Waals surface area contributed by atoms with E-state index in [4.69, 9.17) is 0 Å². The highest BCUT2D eigenvalue weighted by Crippen LogP contribution is 2.28. The fourth-order valence-electron chi connectivity index (χ4n) is 3.44. The first-order valence-electron chi connectivity index (χ1n) is 8.74. The Balaban J connectivity index is 1.75. The third kappa shape index (κ3) is 4.16. The van der Waals surface area contributed by atoms with Gasteiger partial charge in [0, 0.05) is 25.2 Å². The van der Waals surface area contributed by atoms with Crippen LogP contribution in [-0.4, -0.2) is 38.9 Å². The molecule has 132 valence electrons. The fourth-order valence-corrected chi connectivity index (χ4v) is 4.60. The van der Waals surface area contributed by atoms with E-state index in [0.717, 1.165) is 32.4 Å². The van der Waals surface area contributed by atoms with E-state index in [2.05, 4.69) is 18.6 Å². The van der Waals surface area contributed by atoms with Crippen LogP contribution in [0.4, 0.5) is 0 Å². The zero-order valence-corrected chi connectivity index (χ0v) is 15.2. The van der Waals surface area contributed by atoms with E-state index >= 15 is 0 Å². The molecule has 0 unspecified atom stereocenters. The molecule has 24 heavy (non-hydrogen) atoms. The highest BCUT2D eigenvalue weighted by Gasteiger charge is 2.28. The number of carbonyl (C=O) groups excluding carboxylic acids is 1. The monoisotopic (exact) mass is 350 g/mol. The van der Waals surface area contributed by atoms with Gasteiger partial charge in [-0.25, -0.2) is 13.1 Å². The van der Waals surface area contributed by atoms with Crippen LogP contribution in [0, 0.1) is 17.8 Å². The Morgan fingerprint density at radius 3 is 2.50 bits per heavy atom. The second-order valence-corrected chi connectivity index (χ2v) is 9.25. The molecular weight excluding hydrogens is 324 g/mol. The number of nitrogens with one attached hydrogen (secondary N) is 1. The second-order valence-electron chi connectivity index (χ2n) is 7.48. The molecule has 5 nitrogen and oxygen atoms in total. The van der Waals surface area contributed by atoms with Crippen LogP contribution in [-0.2, 0) is 10.0 Å². The summed E-state index contributed by atoms with van der Waals surface area (Å²) in [4.78, 5) is 14.8. The van der Waals surface area contributed by atoms with Gasteiger partial charge in [0.05, 0.1) is 4.90 Å². The topological polar surface area (TPSA) is 66.5 Å². The van der Waals surface area contributed by atoms with Gasteiger partial charge in [0.1, 0.15) is 0 Å². The molecule has 1 aliphatic carbocycles. The van der Waals surface area contributed by atoms with Crippen molar-refractivity contribution in [3.8, 4) is 0 Å². The van der Waals surface area contributed by atoms with Gasteiger partial charge in [-0.3, -0.25) is 4.79 Å². The molecule has 2 atom stereocenters. The number of hydrogen-bond donors (Lipinski definition) is 1. The van der Waals surface area contributed by atoms with E-state index in [0.29, 0.717) is 29.9 Å². The third-order valence-corrected chi connectivity index (χ3v) is 6.23. The highest BCUT2D eigenvalue weighted by atomic mass is 32.2. The van der Waals surface area contributed by atoms with E-state index in [1.165, 1.54) is 6.07 Å². The molecule has 1 heterocycles. The molecule has 1 aliphatic heterocycles. The number of hydrogen-bond acceptors (Lipinski definition) is 3. The summed E-state index contributed by atoms with van der Waals surface area (Å²) in [6, 6.07) is 6.40. The Hall–Kier alpha value is -1.40. The van der Waals surface area contributed by atoms with E-state index in [1.807, 2.05) is 4.90 Å². The third-order valence-electron chi connectivity index (χ3n) is 4.81. The maximum atomic E-state index is 12.8. The molecule has 1 aromatic rings. The maximum Gasteiger partial charge on any atom is 0.253 e. The minimum absolute atomic E-state index is 0.0763. The first-order chi connectivity index (χ1) is 11.3. The summed E-state index contributed by atoms with van der Waals surface area (Å²) in [6.07, 6.45) is 3.31. The first kappa shape index (κ1) is 17.4. The van der Waals surface area contributed by atoms with Gasteiger partial charge in [0.2, 0.25) is 10.0 Å². The van der Waals surface area contributed by atoms with Crippen molar-refractivity contribution in [2.24, 2.45) is 17.8 Å². The van der Waals surface area contributed by atoms with Gasteiger partial charge in [-0.2, -0.15) is 0 Å². The molecule has 2 aliphatic rings. The average Bonchev–Trinajstić information content (AvgIpc) is 3.36. The van der Waals surface area contributed by atoms with E-state index in [-0.39, 0.29) is 10.8 Å². The molecule has 1 saturated heterocycles. The number of likely N-dealkylation sites (tertiary alicyclic amines) is 1. The summed E-state index contributed by atoms with van der Waals surface area (Å²) < 4.78 is 27.4. The number of nitrogens with zero attached hydrogens (tertiary/aromatic N) is 1. The summed E-state index contributed by atoms with van der Waals surface area (Å²) in [6.45, 7) is 6.26. The molecule has 1 saturated carbocycles. The Kier molecular flexibility index (Phi) is 4.97. The lowest BCUT2D eigenvalue weighted by molar-refractivity contribution is 0.0623. The van der Waals surface area contributed by atoms with Crippen LogP contribution in [0.3, 0.4) is 0 Å². The van der Waals surface area contributed by atoms with Gasteiger partial charge in [0.25, 0.3) is 5.91 Å². The van der Waals surface area contributed by atoms with Crippen molar-refractivity contribution < 1.29 is 13.2 Å². The number of rotatable bonds is 5. The maximum absolute atomic E-state index is 12.8. The first-order valence-corrected chi connectivity index (χ1v) is 10.2. The molecular formula is C18H26N2O3S. The second kappa shape index (κ2) is 6.84. The Morgan fingerprint density at radius 1 is 1.21 bits per heavy atom. The quantitative estimate of drug-likeness (QED) is 0.887. The van der Waals surface area contributed by atoms with Crippen molar-refractivity contribution >= 4 is 15.9 Å². The predicted octanol–water partition coefficient (Wildman–Crippen LogP) is 2.49. The van der Waals surface area contributed by atoms with Gasteiger partial charge < -0.3 is 4.90 Å². The molecule has 0 radical (unpaired) electrons. The smallest absolute Gasteiger partial charge is 0.253 e. The molecule has 3 rings (SSSR count).